The summed E-state index contributed by atoms with van der Waals surface area (Å²) < 4.78 is 13.3. The average molecular weight is 210 g/mol. The number of amides is 1. The standard InChI is InChI=1S/C11H15FN2O/c1-7(2)6-14-11(15)10-8(12)4-3-5-9(10)13/h3-5,7H,6,13H2,1-2H3,(H,14,15). The minimum absolute atomic E-state index is 0.0712. The van der Waals surface area contributed by atoms with Crippen molar-refractivity contribution in [3.8, 4) is 0 Å². The molecular formula is C11H15FN2O. The Labute approximate surface area is 88.5 Å². The summed E-state index contributed by atoms with van der Waals surface area (Å²) in [5.74, 6) is -0.725. The molecular weight excluding hydrogens is 195 g/mol. The van der Waals surface area contributed by atoms with Crippen molar-refractivity contribution in [1.82, 2.24) is 5.32 Å². The Balaban J connectivity index is 2.82. The zero-order chi connectivity index (χ0) is 11.4. The number of hydrogen-bond acceptors (Lipinski definition) is 2. The summed E-state index contributed by atoms with van der Waals surface area (Å²) in [6.07, 6.45) is 0. The highest BCUT2D eigenvalue weighted by Crippen LogP contribution is 2.15. The Kier molecular flexibility index (Phi) is 3.66. The predicted molar refractivity (Wildman–Crippen MR) is 58.0 cm³/mol. The van der Waals surface area contributed by atoms with Gasteiger partial charge in [0.2, 0.25) is 0 Å². The molecule has 0 aliphatic heterocycles. The molecule has 0 unspecified atom stereocenters. The first-order valence-electron chi connectivity index (χ1n) is 4.84. The molecule has 0 spiro atoms. The molecule has 82 valence electrons. The van der Waals surface area contributed by atoms with Gasteiger partial charge < -0.3 is 11.1 Å². The van der Waals surface area contributed by atoms with Crippen molar-refractivity contribution in [2.45, 2.75) is 13.8 Å². The van der Waals surface area contributed by atoms with Gasteiger partial charge in [-0.05, 0) is 18.1 Å². The lowest BCUT2D eigenvalue weighted by Crippen LogP contribution is -2.28. The molecule has 0 bridgehead atoms. The number of carbonyl (C=O) groups excluding carboxylic acids is 1. The van der Waals surface area contributed by atoms with E-state index in [-0.39, 0.29) is 11.3 Å². The molecule has 0 aromatic heterocycles. The van der Waals surface area contributed by atoms with Crippen molar-refractivity contribution in [1.29, 1.82) is 0 Å². The molecule has 1 amide bonds. The van der Waals surface area contributed by atoms with Gasteiger partial charge in [-0.25, -0.2) is 4.39 Å². The SMILES string of the molecule is CC(C)CNC(=O)c1c(N)cccc1F. The molecule has 1 aromatic carbocycles. The van der Waals surface area contributed by atoms with Gasteiger partial charge >= 0.3 is 0 Å². The molecule has 0 aliphatic carbocycles. The highest BCUT2D eigenvalue weighted by molar-refractivity contribution is 5.99. The van der Waals surface area contributed by atoms with E-state index < -0.39 is 11.7 Å². The molecule has 0 atom stereocenters. The Bertz CT molecular complexity index is 343. The van der Waals surface area contributed by atoms with Gasteiger partial charge in [0.15, 0.2) is 0 Å². The minimum Gasteiger partial charge on any atom is -0.398 e. The van der Waals surface area contributed by atoms with Crippen LogP contribution >= 0.6 is 0 Å². The van der Waals surface area contributed by atoms with Crippen molar-refractivity contribution in [2.24, 2.45) is 5.92 Å². The molecule has 1 rings (SSSR count). The molecule has 3 N–H and O–H groups in total. The van der Waals surface area contributed by atoms with Gasteiger partial charge in [0.05, 0.1) is 5.56 Å². The van der Waals surface area contributed by atoms with Crippen LogP contribution in [0.5, 0.6) is 0 Å². The zero-order valence-corrected chi connectivity index (χ0v) is 8.88. The summed E-state index contributed by atoms with van der Waals surface area (Å²) in [6.45, 7) is 4.43. The molecule has 3 nitrogen and oxygen atoms in total. The number of carbonyl (C=O) groups is 1. The van der Waals surface area contributed by atoms with Crippen LogP contribution in [0.1, 0.15) is 24.2 Å². The van der Waals surface area contributed by atoms with Gasteiger partial charge in [0, 0.05) is 12.2 Å². The fourth-order valence-corrected chi connectivity index (χ4v) is 1.17. The topological polar surface area (TPSA) is 55.1 Å². The van der Waals surface area contributed by atoms with Gasteiger partial charge in [-0.15, -0.1) is 0 Å². The summed E-state index contributed by atoms with van der Waals surface area (Å²) in [5, 5.41) is 2.62. The van der Waals surface area contributed by atoms with E-state index in [1.165, 1.54) is 18.2 Å². The molecule has 15 heavy (non-hydrogen) atoms. The maximum atomic E-state index is 13.3. The lowest BCUT2D eigenvalue weighted by molar-refractivity contribution is 0.0946. The molecule has 0 saturated heterocycles. The first-order valence-corrected chi connectivity index (χ1v) is 4.84. The Morgan fingerprint density at radius 1 is 1.53 bits per heavy atom. The summed E-state index contributed by atoms with van der Waals surface area (Å²) in [4.78, 5) is 11.6. The third-order valence-electron chi connectivity index (χ3n) is 1.94. The van der Waals surface area contributed by atoms with Gasteiger partial charge in [0.1, 0.15) is 5.82 Å². The lowest BCUT2D eigenvalue weighted by Gasteiger charge is -2.09. The fraction of sp³-hybridized carbons (Fsp3) is 0.364. The number of nitrogens with two attached hydrogens (primary N) is 1. The highest BCUT2D eigenvalue weighted by atomic mass is 19.1. The summed E-state index contributed by atoms with van der Waals surface area (Å²) in [6, 6.07) is 4.21. The smallest absolute Gasteiger partial charge is 0.256 e. The van der Waals surface area contributed by atoms with Crippen LogP contribution in [0, 0.1) is 11.7 Å². The van der Waals surface area contributed by atoms with Crippen LogP contribution in [0.2, 0.25) is 0 Å². The van der Waals surface area contributed by atoms with Crippen molar-refractivity contribution in [2.75, 3.05) is 12.3 Å². The van der Waals surface area contributed by atoms with Crippen LogP contribution in [0.4, 0.5) is 10.1 Å². The normalized spacial score (nSPS) is 10.4. The van der Waals surface area contributed by atoms with E-state index in [1.807, 2.05) is 13.8 Å². The number of halogens is 1. The summed E-state index contributed by atoms with van der Waals surface area (Å²) in [7, 11) is 0. The molecule has 0 heterocycles. The number of benzene rings is 1. The van der Waals surface area contributed by atoms with Gasteiger partial charge in [0.25, 0.3) is 5.91 Å². The van der Waals surface area contributed by atoms with E-state index >= 15 is 0 Å². The van der Waals surface area contributed by atoms with E-state index in [4.69, 9.17) is 5.73 Å². The second-order valence-corrected chi connectivity index (χ2v) is 3.81. The van der Waals surface area contributed by atoms with Crippen molar-refractivity contribution in [3.63, 3.8) is 0 Å². The second-order valence-electron chi connectivity index (χ2n) is 3.81. The maximum absolute atomic E-state index is 13.3. The Hall–Kier alpha value is -1.58. The van der Waals surface area contributed by atoms with Crippen molar-refractivity contribution >= 4 is 11.6 Å². The number of rotatable bonds is 3. The van der Waals surface area contributed by atoms with E-state index in [0.29, 0.717) is 12.5 Å². The third kappa shape index (κ3) is 2.94. The first kappa shape index (κ1) is 11.5. The monoisotopic (exact) mass is 210 g/mol. The molecule has 1 aromatic rings. The maximum Gasteiger partial charge on any atom is 0.256 e. The predicted octanol–water partition coefficient (Wildman–Crippen LogP) is 1.79. The van der Waals surface area contributed by atoms with Crippen LogP contribution in [0.25, 0.3) is 0 Å². The zero-order valence-electron chi connectivity index (χ0n) is 8.88. The van der Waals surface area contributed by atoms with Crippen LogP contribution in [-0.2, 0) is 0 Å². The lowest BCUT2D eigenvalue weighted by atomic mass is 10.1. The van der Waals surface area contributed by atoms with Crippen LogP contribution in [0.3, 0.4) is 0 Å². The quantitative estimate of drug-likeness (QED) is 0.747. The number of nitrogens with one attached hydrogen (secondary N) is 1. The molecule has 0 fully saturated rings. The van der Waals surface area contributed by atoms with E-state index in [9.17, 15) is 9.18 Å². The number of nitrogen functional groups attached to an aromatic ring is 1. The molecule has 0 aliphatic rings. The summed E-state index contributed by atoms with van der Waals surface area (Å²) in [5.41, 5.74) is 5.62. The van der Waals surface area contributed by atoms with Crippen LogP contribution < -0.4 is 11.1 Å². The molecule has 0 saturated carbocycles. The number of anilines is 1. The fourth-order valence-electron chi connectivity index (χ4n) is 1.17. The van der Waals surface area contributed by atoms with Crippen molar-refractivity contribution in [3.05, 3.63) is 29.6 Å². The summed E-state index contributed by atoms with van der Waals surface area (Å²) >= 11 is 0. The molecule has 4 heteroatoms. The first-order chi connectivity index (χ1) is 7.02. The van der Waals surface area contributed by atoms with Gasteiger partial charge in [-0.3, -0.25) is 4.79 Å². The minimum atomic E-state index is -0.587. The van der Waals surface area contributed by atoms with E-state index in [1.54, 1.807) is 0 Å². The van der Waals surface area contributed by atoms with Gasteiger partial charge in [-0.2, -0.15) is 0 Å². The van der Waals surface area contributed by atoms with E-state index in [0.717, 1.165) is 0 Å². The number of hydrogen-bond donors (Lipinski definition) is 2. The Morgan fingerprint density at radius 2 is 2.20 bits per heavy atom. The van der Waals surface area contributed by atoms with Crippen LogP contribution in [0.15, 0.2) is 18.2 Å². The van der Waals surface area contributed by atoms with Crippen LogP contribution in [-0.4, -0.2) is 12.5 Å². The largest absolute Gasteiger partial charge is 0.398 e. The Morgan fingerprint density at radius 3 is 2.73 bits per heavy atom. The third-order valence-corrected chi connectivity index (χ3v) is 1.94. The van der Waals surface area contributed by atoms with E-state index in [2.05, 4.69) is 5.32 Å². The van der Waals surface area contributed by atoms with Crippen molar-refractivity contribution < 1.29 is 9.18 Å². The second kappa shape index (κ2) is 4.77. The average Bonchev–Trinajstić information content (AvgIpc) is 2.14. The molecule has 0 radical (unpaired) electrons. The van der Waals surface area contributed by atoms with Gasteiger partial charge in [-0.1, -0.05) is 19.9 Å². The highest BCUT2D eigenvalue weighted by Gasteiger charge is 2.14.